The maximum Gasteiger partial charge on any atom is 0.510 e. The molecule has 0 aliphatic carbocycles. The Kier molecular flexibility index (Phi) is 4.28. The molecule has 21 heavy (non-hydrogen) atoms. The van der Waals surface area contributed by atoms with E-state index in [2.05, 4.69) is 4.18 Å². The van der Waals surface area contributed by atoms with Crippen molar-refractivity contribution in [3.63, 3.8) is 0 Å². The van der Waals surface area contributed by atoms with Crippen LogP contribution in [0.2, 0.25) is 0 Å². The molecular weight excluding hydrogens is 319 g/mol. The summed E-state index contributed by atoms with van der Waals surface area (Å²) in [7, 11) is -5.59. The van der Waals surface area contributed by atoms with Crippen molar-refractivity contribution in [1.82, 2.24) is 0 Å². The van der Waals surface area contributed by atoms with Crippen LogP contribution in [0.1, 0.15) is 27.0 Å². The minimum Gasteiger partial charge on any atom is -0.478 e. The molecule has 0 radical (unpaired) electrons. The molecule has 0 aliphatic rings. The second-order valence-corrected chi connectivity index (χ2v) is 5.30. The summed E-state index contributed by atoms with van der Waals surface area (Å²) in [5, 5.41) is 8.99. The Morgan fingerprint density at radius 3 is 1.90 bits per heavy atom. The van der Waals surface area contributed by atoms with E-state index in [1.807, 2.05) is 0 Å². The van der Waals surface area contributed by atoms with Gasteiger partial charge in [0.2, 0.25) is 0 Å². The highest BCUT2D eigenvalue weighted by atomic mass is 32.3. The molecule has 1 rings (SSSR count). The zero-order valence-corrected chi connectivity index (χ0v) is 11.9. The van der Waals surface area contributed by atoms with Crippen LogP contribution in [0.3, 0.4) is 0 Å². The van der Waals surface area contributed by atoms with Crippen molar-refractivity contribution < 1.29 is 39.3 Å². The Labute approximate surface area is 118 Å². The van der Waals surface area contributed by atoms with Crippen molar-refractivity contribution >= 4 is 28.9 Å². The summed E-state index contributed by atoms with van der Waals surface area (Å²) in [5.74, 6) is -2.66. The second kappa shape index (κ2) is 5.21. The van der Waals surface area contributed by atoms with Gasteiger partial charge in [-0.15, -0.1) is 0 Å². The van der Waals surface area contributed by atoms with E-state index in [0.29, 0.717) is 0 Å². The van der Waals surface area contributed by atoms with Gasteiger partial charge in [-0.25, -0.2) is 4.79 Å². The topological polar surface area (TPSA) is 80.7 Å². The molecule has 0 heterocycles. The predicted octanol–water partition coefficient (Wildman–Crippen LogP) is 1.96. The van der Waals surface area contributed by atoms with Crippen molar-refractivity contribution in [2.75, 3.05) is 0 Å². The van der Waals surface area contributed by atoms with E-state index in [1.54, 1.807) is 0 Å². The zero-order chi connectivity index (χ0) is 16.7. The molecule has 11 heteroatoms. The molecule has 0 saturated heterocycles. The number of carboxylic acids is 1. The van der Waals surface area contributed by atoms with E-state index in [9.17, 15) is 30.0 Å². The first-order valence-corrected chi connectivity index (χ1v) is 6.79. The summed E-state index contributed by atoms with van der Waals surface area (Å²) < 4.78 is 76.8. The molecule has 5 nitrogen and oxygen atoms in total. The Balaban J connectivity index is 3.90. The lowest BCUT2D eigenvalue weighted by Gasteiger charge is -2.25. The van der Waals surface area contributed by atoms with Crippen LogP contribution in [0.25, 0.3) is 0 Å². The summed E-state index contributed by atoms with van der Waals surface area (Å²) in [6.07, 6.45) is 0. The van der Waals surface area contributed by atoms with Crippen molar-refractivity contribution in [3.05, 3.63) is 22.3 Å². The standard InChI is InChI=1S/C10H10BF4O5S/c1-4-7(10(16)17)5(2)9(20-21(15,18)19)6(3)8(4)11(12,13)14/h1-3H3,(H,16,17)/q-1. The first kappa shape index (κ1) is 17.3. The third kappa shape index (κ3) is 3.46. The van der Waals surface area contributed by atoms with Crippen LogP contribution in [0.15, 0.2) is 0 Å². The van der Waals surface area contributed by atoms with Gasteiger partial charge in [0.1, 0.15) is 5.75 Å². The summed E-state index contributed by atoms with van der Waals surface area (Å²) in [6, 6.07) is 0. The fourth-order valence-electron chi connectivity index (χ4n) is 2.25. The highest BCUT2D eigenvalue weighted by Gasteiger charge is 2.35. The zero-order valence-electron chi connectivity index (χ0n) is 11.1. The number of benzene rings is 1. The molecular formula is C10H10BF4O5S-. The Morgan fingerprint density at radius 1 is 1.10 bits per heavy atom. The molecule has 1 aromatic carbocycles. The minimum atomic E-state index is -5.65. The van der Waals surface area contributed by atoms with Crippen LogP contribution >= 0.6 is 0 Å². The second-order valence-electron chi connectivity index (χ2n) is 4.35. The van der Waals surface area contributed by atoms with Gasteiger partial charge in [-0.3, -0.25) is 0 Å². The van der Waals surface area contributed by atoms with Gasteiger partial charge in [0.25, 0.3) is 0 Å². The predicted molar refractivity (Wildman–Crippen MR) is 67.0 cm³/mol. The smallest absolute Gasteiger partial charge is 0.478 e. The lowest BCUT2D eigenvalue weighted by molar-refractivity contribution is 0.0695. The third-order valence-electron chi connectivity index (χ3n) is 2.96. The number of halogens is 4. The maximum absolute atomic E-state index is 13.1. The number of rotatable bonds is 4. The molecule has 1 N–H and O–H groups in total. The van der Waals surface area contributed by atoms with E-state index in [0.717, 1.165) is 20.8 Å². The van der Waals surface area contributed by atoms with Crippen LogP contribution in [0.4, 0.5) is 16.8 Å². The molecule has 1 aromatic rings. The fourth-order valence-corrected chi connectivity index (χ4v) is 2.70. The lowest BCUT2D eigenvalue weighted by Crippen LogP contribution is -2.40. The Bertz CT molecular complexity index is 711. The molecule has 0 spiro atoms. The largest absolute Gasteiger partial charge is 0.510 e. The highest BCUT2D eigenvalue weighted by Crippen LogP contribution is 2.32. The van der Waals surface area contributed by atoms with E-state index in [-0.39, 0.29) is 0 Å². The van der Waals surface area contributed by atoms with Gasteiger partial charge in [0.15, 0.2) is 0 Å². The molecule has 0 bridgehead atoms. The summed E-state index contributed by atoms with van der Waals surface area (Å²) in [5.41, 5.74) is -3.73. The minimum absolute atomic E-state index is 0.400. The van der Waals surface area contributed by atoms with Crippen molar-refractivity contribution in [2.45, 2.75) is 20.8 Å². The fraction of sp³-hybridized carbons (Fsp3) is 0.300. The van der Waals surface area contributed by atoms with Gasteiger partial charge in [-0.2, -0.15) is 8.42 Å². The van der Waals surface area contributed by atoms with Gasteiger partial charge < -0.3 is 22.2 Å². The first-order valence-electron chi connectivity index (χ1n) is 5.48. The van der Waals surface area contributed by atoms with Gasteiger partial charge in [0.05, 0.1) is 5.56 Å². The summed E-state index contributed by atoms with van der Waals surface area (Å²) in [4.78, 5) is 11.1. The van der Waals surface area contributed by atoms with Crippen molar-refractivity contribution in [1.29, 1.82) is 0 Å². The molecule has 0 unspecified atom stereocenters. The normalized spacial score (nSPS) is 12.3. The molecule has 0 aliphatic heterocycles. The molecule has 0 atom stereocenters. The van der Waals surface area contributed by atoms with Crippen LogP contribution in [-0.2, 0) is 10.5 Å². The summed E-state index contributed by atoms with van der Waals surface area (Å²) >= 11 is 0. The van der Waals surface area contributed by atoms with Gasteiger partial charge in [-0.05, 0) is 26.3 Å². The van der Waals surface area contributed by atoms with Crippen LogP contribution in [0.5, 0.6) is 5.75 Å². The number of hydrogen-bond donors (Lipinski definition) is 1. The van der Waals surface area contributed by atoms with Crippen LogP contribution < -0.4 is 9.65 Å². The number of hydrogen-bond acceptors (Lipinski definition) is 4. The van der Waals surface area contributed by atoms with Crippen LogP contribution in [-0.4, -0.2) is 26.5 Å². The third-order valence-corrected chi connectivity index (χ3v) is 3.33. The van der Waals surface area contributed by atoms with Crippen molar-refractivity contribution in [3.8, 4) is 5.75 Å². The van der Waals surface area contributed by atoms with E-state index in [4.69, 9.17) is 5.11 Å². The Morgan fingerprint density at radius 2 is 1.57 bits per heavy atom. The molecule has 0 fully saturated rings. The van der Waals surface area contributed by atoms with Crippen molar-refractivity contribution in [2.24, 2.45) is 0 Å². The maximum atomic E-state index is 13.1. The quantitative estimate of drug-likeness (QED) is 0.519. The monoisotopic (exact) mass is 329 g/mol. The van der Waals surface area contributed by atoms with E-state index < -0.39 is 56.9 Å². The van der Waals surface area contributed by atoms with Gasteiger partial charge in [0, 0.05) is 5.56 Å². The van der Waals surface area contributed by atoms with Gasteiger partial charge in [-0.1, -0.05) is 14.9 Å². The first-order chi connectivity index (χ1) is 9.27. The number of carboxylic acid groups (broad SMARTS) is 1. The highest BCUT2D eigenvalue weighted by molar-refractivity contribution is 7.81. The SMILES string of the molecule is Cc1c(OS(=O)(=O)F)c(C)c([B-](F)(F)F)c(C)c1C(=O)O. The average Bonchev–Trinajstić information content (AvgIpc) is 2.20. The lowest BCUT2D eigenvalue weighted by atomic mass is 9.72. The number of aromatic carboxylic acids is 1. The molecule has 0 aromatic heterocycles. The Hall–Kier alpha value is -1.78. The summed E-state index contributed by atoms with van der Waals surface area (Å²) in [6.45, 7) is -2.77. The average molecular weight is 329 g/mol. The van der Waals surface area contributed by atoms with Crippen LogP contribution in [0, 0.1) is 20.8 Å². The number of carbonyl (C=O) groups is 1. The van der Waals surface area contributed by atoms with Gasteiger partial charge >= 0.3 is 23.5 Å². The van der Waals surface area contributed by atoms with E-state index in [1.165, 1.54) is 0 Å². The van der Waals surface area contributed by atoms with E-state index >= 15 is 0 Å². The molecule has 0 amide bonds. The molecule has 0 saturated carbocycles. The molecule has 118 valence electrons.